The Bertz CT molecular complexity index is 297. The maximum atomic E-state index is 10.3. The van der Waals surface area contributed by atoms with Crippen LogP contribution in [-0.4, -0.2) is 19.3 Å². The first kappa shape index (κ1) is 9.22. The highest BCUT2D eigenvalue weighted by Gasteiger charge is 2.06. The first-order valence-corrected chi connectivity index (χ1v) is 4.91. The molecule has 1 unspecified atom stereocenters. The first-order chi connectivity index (χ1) is 5.70. The fourth-order valence-corrected chi connectivity index (χ4v) is 1.42. The quantitative estimate of drug-likeness (QED) is 0.669. The van der Waals surface area contributed by atoms with Gasteiger partial charge in [-0.3, -0.25) is 0 Å². The van der Waals surface area contributed by atoms with Crippen LogP contribution in [0.4, 0.5) is 0 Å². The van der Waals surface area contributed by atoms with Crippen LogP contribution < -0.4 is 0 Å². The van der Waals surface area contributed by atoms with Crippen molar-refractivity contribution in [3.8, 4) is 0 Å². The summed E-state index contributed by atoms with van der Waals surface area (Å²) >= 11 is 0. The minimum absolute atomic E-state index is 0.209. The summed E-state index contributed by atoms with van der Waals surface area (Å²) in [7, 11) is -2.51. The first-order valence-electron chi connectivity index (χ1n) is 3.55. The molecule has 12 heavy (non-hydrogen) atoms. The van der Waals surface area contributed by atoms with Gasteiger partial charge in [-0.1, -0.05) is 30.3 Å². The Morgan fingerprint density at radius 1 is 1.25 bits per heavy atom. The molecule has 0 aliphatic carbocycles. The van der Waals surface area contributed by atoms with Gasteiger partial charge in [-0.15, -0.1) is 0 Å². The van der Waals surface area contributed by atoms with Crippen molar-refractivity contribution in [2.45, 2.75) is 6.10 Å². The van der Waals surface area contributed by atoms with Crippen LogP contribution in [0, 0.1) is 0 Å². The average Bonchev–Trinajstić information content (AvgIpc) is 2.05. The standard InChI is InChI=1S/C8H10O3S/c9-8(6-12(10)11)7-4-2-1-3-5-7/h1-5,8-9,12H,6H2. The van der Waals surface area contributed by atoms with Gasteiger partial charge in [-0.05, 0) is 5.56 Å². The van der Waals surface area contributed by atoms with Crippen LogP contribution in [0.25, 0.3) is 0 Å². The fourth-order valence-electron chi connectivity index (χ4n) is 0.922. The molecule has 1 rings (SSSR count). The second kappa shape index (κ2) is 4.23. The van der Waals surface area contributed by atoms with Crippen molar-refractivity contribution in [3.63, 3.8) is 0 Å². The summed E-state index contributed by atoms with van der Waals surface area (Å²) in [4.78, 5) is 0. The van der Waals surface area contributed by atoms with Crippen molar-refractivity contribution < 1.29 is 13.5 Å². The molecule has 1 aromatic carbocycles. The molecule has 1 aromatic rings. The molecule has 1 N–H and O–H groups in total. The number of benzene rings is 1. The van der Waals surface area contributed by atoms with Crippen molar-refractivity contribution in [2.75, 3.05) is 5.75 Å². The maximum Gasteiger partial charge on any atom is 0.143 e. The van der Waals surface area contributed by atoms with Crippen LogP contribution in [0.1, 0.15) is 11.7 Å². The van der Waals surface area contributed by atoms with E-state index in [2.05, 4.69) is 0 Å². The summed E-state index contributed by atoms with van der Waals surface area (Å²) in [5.74, 6) is -0.209. The molecule has 0 saturated carbocycles. The number of hydrogen-bond acceptors (Lipinski definition) is 3. The Kier molecular flexibility index (Phi) is 3.25. The highest BCUT2D eigenvalue weighted by molar-refractivity contribution is 7.72. The van der Waals surface area contributed by atoms with Crippen molar-refractivity contribution >= 4 is 10.7 Å². The van der Waals surface area contributed by atoms with Gasteiger partial charge in [0.15, 0.2) is 0 Å². The topological polar surface area (TPSA) is 54.4 Å². The number of hydrogen-bond donors (Lipinski definition) is 2. The third kappa shape index (κ3) is 2.64. The summed E-state index contributed by atoms with van der Waals surface area (Å²) in [6.07, 6.45) is -0.896. The van der Waals surface area contributed by atoms with E-state index in [1.807, 2.05) is 6.07 Å². The molecule has 0 aliphatic rings. The molecule has 66 valence electrons. The van der Waals surface area contributed by atoms with Crippen molar-refractivity contribution in [1.82, 2.24) is 0 Å². The van der Waals surface area contributed by atoms with Gasteiger partial charge in [0.2, 0.25) is 0 Å². The molecular weight excluding hydrogens is 176 g/mol. The second-order valence-corrected chi connectivity index (χ2v) is 3.47. The SMILES string of the molecule is O=[SH](=O)CC(O)c1ccccc1. The lowest BCUT2D eigenvalue weighted by molar-refractivity contribution is 0.202. The van der Waals surface area contributed by atoms with E-state index in [-0.39, 0.29) is 5.75 Å². The lowest BCUT2D eigenvalue weighted by Gasteiger charge is -2.05. The smallest absolute Gasteiger partial charge is 0.143 e. The molecular formula is C8H10O3S. The maximum absolute atomic E-state index is 10.3. The van der Waals surface area contributed by atoms with Gasteiger partial charge in [0.1, 0.15) is 10.7 Å². The van der Waals surface area contributed by atoms with Gasteiger partial charge in [-0.2, -0.15) is 0 Å². The van der Waals surface area contributed by atoms with Crippen LogP contribution in [-0.2, 0) is 10.7 Å². The van der Waals surface area contributed by atoms with Crippen molar-refractivity contribution in [3.05, 3.63) is 35.9 Å². The van der Waals surface area contributed by atoms with Gasteiger partial charge in [0.05, 0.1) is 11.9 Å². The molecule has 0 fully saturated rings. The Morgan fingerprint density at radius 2 is 1.83 bits per heavy atom. The Balaban J connectivity index is 2.71. The van der Waals surface area contributed by atoms with Gasteiger partial charge in [0, 0.05) is 0 Å². The van der Waals surface area contributed by atoms with Crippen LogP contribution >= 0.6 is 0 Å². The summed E-state index contributed by atoms with van der Waals surface area (Å²) in [5, 5.41) is 9.31. The lowest BCUT2D eigenvalue weighted by atomic mass is 10.1. The number of aliphatic hydroxyl groups is 1. The molecule has 3 nitrogen and oxygen atoms in total. The highest BCUT2D eigenvalue weighted by atomic mass is 32.2. The predicted molar refractivity (Wildman–Crippen MR) is 46.6 cm³/mol. The third-order valence-electron chi connectivity index (χ3n) is 1.51. The van der Waals surface area contributed by atoms with E-state index in [4.69, 9.17) is 0 Å². The van der Waals surface area contributed by atoms with E-state index in [9.17, 15) is 13.5 Å². The summed E-state index contributed by atoms with van der Waals surface area (Å²) < 4.78 is 20.5. The molecule has 4 heteroatoms. The van der Waals surface area contributed by atoms with Crippen LogP contribution in [0.3, 0.4) is 0 Å². The van der Waals surface area contributed by atoms with E-state index in [1.54, 1.807) is 24.3 Å². The number of rotatable bonds is 3. The Labute approximate surface area is 72.6 Å². The molecule has 0 saturated heterocycles. The fraction of sp³-hybridized carbons (Fsp3) is 0.250. The summed E-state index contributed by atoms with van der Waals surface area (Å²) in [5.41, 5.74) is 0.636. The van der Waals surface area contributed by atoms with Gasteiger partial charge in [0.25, 0.3) is 0 Å². The zero-order chi connectivity index (χ0) is 8.97. The predicted octanol–water partition coefficient (Wildman–Crippen LogP) is 0.331. The highest BCUT2D eigenvalue weighted by Crippen LogP contribution is 2.11. The van der Waals surface area contributed by atoms with E-state index >= 15 is 0 Å². The minimum Gasteiger partial charge on any atom is -0.387 e. The molecule has 0 heterocycles. The third-order valence-corrected chi connectivity index (χ3v) is 2.15. The molecule has 0 aromatic heterocycles. The molecule has 0 radical (unpaired) electrons. The largest absolute Gasteiger partial charge is 0.387 e. The zero-order valence-electron chi connectivity index (χ0n) is 6.38. The van der Waals surface area contributed by atoms with Gasteiger partial charge < -0.3 is 5.11 Å². The van der Waals surface area contributed by atoms with E-state index in [0.717, 1.165) is 0 Å². The van der Waals surface area contributed by atoms with Gasteiger partial charge in [-0.25, -0.2) is 8.42 Å². The Hall–Kier alpha value is -0.870. The number of thiol groups is 1. The van der Waals surface area contributed by atoms with E-state index in [1.165, 1.54) is 0 Å². The van der Waals surface area contributed by atoms with Crippen LogP contribution in [0.15, 0.2) is 30.3 Å². The molecule has 0 aliphatic heterocycles. The van der Waals surface area contributed by atoms with E-state index in [0.29, 0.717) is 5.56 Å². The summed E-state index contributed by atoms with van der Waals surface area (Å²) in [6.45, 7) is 0. The molecule has 1 atom stereocenters. The number of aliphatic hydroxyl groups excluding tert-OH is 1. The monoisotopic (exact) mass is 186 g/mol. The van der Waals surface area contributed by atoms with E-state index < -0.39 is 16.8 Å². The van der Waals surface area contributed by atoms with Gasteiger partial charge >= 0.3 is 0 Å². The minimum atomic E-state index is -2.51. The average molecular weight is 186 g/mol. The summed E-state index contributed by atoms with van der Waals surface area (Å²) in [6, 6.07) is 8.73. The molecule has 0 bridgehead atoms. The Morgan fingerprint density at radius 3 is 2.33 bits per heavy atom. The molecule has 0 amide bonds. The molecule has 0 spiro atoms. The normalized spacial score (nSPS) is 13.2. The second-order valence-electron chi connectivity index (χ2n) is 2.44. The van der Waals surface area contributed by atoms with Crippen LogP contribution in [0.5, 0.6) is 0 Å². The van der Waals surface area contributed by atoms with Crippen molar-refractivity contribution in [1.29, 1.82) is 0 Å². The van der Waals surface area contributed by atoms with Crippen LogP contribution in [0.2, 0.25) is 0 Å². The zero-order valence-corrected chi connectivity index (χ0v) is 7.28. The van der Waals surface area contributed by atoms with Crippen molar-refractivity contribution in [2.24, 2.45) is 0 Å². The lowest BCUT2D eigenvalue weighted by Crippen LogP contribution is -2.03.